The second-order valence-corrected chi connectivity index (χ2v) is 3.80. The fourth-order valence-corrected chi connectivity index (χ4v) is 2.06. The summed E-state index contributed by atoms with van der Waals surface area (Å²) in [6.07, 6.45) is 1.25. The number of alkyl halides is 1. The molecule has 0 radical (unpaired) electrons. The number of nitrogens with one attached hydrogen (secondary N) is 2. The van der Waals surface area contributed by atoms with E-state index in [9.17, 15) is 0 Å². The average molecular weight is 207 g/mol. The summed E-state index contributed by atoms with van der Waals surface area (Å²) in [7, 11) is 0. The van der Waals surface area contributed by atoms with Crippen LogP contribution in [0, 0.1) is 5.92 Å². The van der Waals surface area contributed by atoms with Gasteiger partial charge < -0.3 is 0 Å². The topological polar surface area (TPSA) is 24.1 Å². The Balaban J connectivity index is 2.38. The fourth-order valence-electron chi connectivity index (χ4n) is 1.54. The summed E-state index contributed by atoms with van der Waals surface area (Å²) in [6, 6.07) is 1.24. The minimum Gasteiger partial charge on any atom is -0.254 e. The Kier molecular flexibility index (Phi) is 3.14. The molecule has 1 heterocycles. The Morgan fingerprint density at radius 3 is 2.10 bits per heavy atom. The molecule has 0 aliphatic carbocycles. The maximum Gasteiger partial charge on any atom is 0.0228 e. The van der Waals surface area contributed by atoms with Crippen LogP contribution in [0.15, 0.2) is 0 Å². The van der Waals surface area contributed by atoms with Crippen LogP contribution in [0.3, 0.4) is 0 Å². The highest BCUT2D eigenvalue weighted by Gasteiger charge is 2.28. The van der Waals surface area contributed by atoms with Crippen LogP contribution in [0.5, 0.6) is 0 Å². The molecule has 1 saturated heterocycles. The van der Waals surface area contributed by atoms with E-state index in [4.69, 9.17) is 0 Å². The zero-order valence-corrected chi connectivity index (χ0v) is 8.11. The van der Waals surface area contributed by atoms with Gasteiger partial charge >= 0.3 is 0 Å². The molecule has 0 saturated carbocycles. The molecular weight excluding hydrogens is 192 g/mol. The number of hydrogen-bond donors (Lipinski definition) is 2. The largest absolute Gasteiger partial charge is 0.254 e. The Morgan fingerprint density at radius 2 is 1.70 bits per heavy atom. The van der Waals surface area contributed by atoms with Crippen molar-refractivity contribution in [2.75, 3.05) is 5.33 Å². The zero-order chi connectivity index (χ0) is 7.56. The molecule has 0 aromatic carbocycles. The Bertz CT molecular complexity index is 97.8. The molecule has 0 aromatic heterocycles. The lowest BCUT2D eigenvalue weighted by atomic mass is 9.94. The van der Waals surface area contributed by atoms with Crippen LogP contribution < -0.4 is 10.9 Å². The van der Waals surface area contributed by atoms with Gasteiger partial charge in [-0.1, -0.05) is 15.9 Å². The van der Waals surface area contributed by atoms with Crippen molar-refractivity contribution in [3.63, 3.8) is 0 Å². The zero-order valence-electron chi connectivity index (χ0n) is 6.52. The highest BCUT2D eigenvalue weighted by Crippen LogP contribution is 2.18. The van der Waals surface area contributed by atoms with Crippen LogP contribution in [0.4, 0.5) is 0 Å². The Hall–Kier alpha value is 0.400. The van der Waals surface area contributed by atoms with Gasteiger partial charge in [0.05, 0.1) is 0 Å². The van der Waals surface area contributed by atoms with E-state index in [0.717, 1.165) is 11.2 Å². The van der Waals surface area contributed by atoms with E-state index >= 15 is 0 Å². The van der Waals surface area contributed by atoms with E-state index in [1.54, 1.807) is 0 Å². The molecule has 1 fully saturated rings. The maximum absolute atomic E-state index is 3.46. The van der Waals surface area contributed by atoms with Gasteiger partial charge in [-0.2, -0.15) is 0 Å². The van der Waals surface area contributed by atoms with Crippen molar-refractivity contribution in [2.45, 2.75) is 32.4 Å². The molecule has 10 heavy (non-hydrogen) atoms. The van der Waals surface area contributed by atoms with Crippen LogP contribution in [0.25, 0.3) is 0 Å². The van der Waals surface area contributed by atoms with Crippen molar-refractivity contribution in [1.82, 2.24) is 10.9 Å². The minimum absolute atomic E-state index is 0.618. The van der Waals surface area contributed by atoms with E-state index in [-0.39, 0.29) is 0 Å². The third-order valence-corrected chi connectivity index (χ3v) is 2.72. The van der Waals surface area contributed by atoms with E-state index in [2.05, 4.69) is 40.6 Å². The molecular formula is C7H15BrN2. The molecule has 1 aliphatic rings. The van der Waals surface area contributed by atoms with Crippen molar-refractivity contribution < 1.29 is 0 Å². The van der Waals surface area contributed by atoms with Crippen molar-refractivity contribution >= 4 is 15.9 Å². The molecule has 0 amide bonds. The summed E-state index contributed by atoms with van der Waals surface area (Å²) < 4.78 is 0. The van der Waals surface area contributed by atoms with Crippen LogP contribution >= 0.6 is 15.9 Å². The van der Waals surface area contributed by atoms with Crippen molar-refractivity contribution in [3.05, 3.63) is 0 Å². The van der Waals surface area contributed by atoms with Crippen LogP contribution in [0.2, 0.25) is 0 Å². The Morgan fingerprint density at radius 1 is 1.20 bits per heavy atom. The summed E-state index contributed by atoms with van der Waals surface area (Å²) in [5.41, 5.74) is 6.47. The van der Waals surface area contributed by atoms with E-state index < -0.39 is 0 Å². The maximum atomic E-state index is 3.46. The SMILES string of the molecule is CC1NNC(C)C1CCBr. The van der Waals surface area contributed by atoms with Crippen molar-refractivity contribution in [3.8, 4) is 0 Å². The molecule has 3 heteroatoms. The molecule has 1 aliphatic heterocycles. The second-order valence-electron chi connectivity index (χ2n) is 3.01. The molecule has 2 N–H and O–H groups in total. The monoisotopic (exact) mass is 206 g/mol. The highest BCUT2D eigenvalue weighted by atomic mass is 79.9. The summed E-state index contributed by atoms with van der Waals surface area (Å²) in [4.78, 5) is 0. The van der Waals surface area contributed by atoms with Crippen LogP contribution in [-0.2, 0) is 0 Å². The van der Waals surface area contributed by atoms with Gasteiger partial charge in [0.15, 0.2) is 0 Å². The standard InChI is InChI=1S/C7H15BrN2/c1-5-7(3-4-8)6(2)10-9-5/h5-7,9-10H,3-4H2,1-2H3. The first-order valence-electron chi connectivity index (χ1n) is 3.82. The number of halogens is 1. The quantitative estimate of drug-likeness (QED) is 0.666. The first-order valence-corrected chi connectivity index (χ1v) is 4.95. The van der Waals surface area contributed by atoms with Crippen molar-refractivity contribution in [1.29, 1.82) is 0 Å². The smallest absolute Gasteiger partial charge is 0.0228 e. The third-order valence-electron chi connectivity index (χ3n) is 2.27. The summed E-state index contributed by atoms with van der Waals surface area (Å²) >= 11 is 3.46. The van der Waals surface area contributed by atoms with Gasteiger partial charge in [0, 0.05) is 17.4 Å². The van der Waals surface area contributed by atoms with Gasteiger partial charge in [-0.15, -0.1) is 0 Å². The van der Waals surface area contributed by atoms with E-state index in [1.807, 2.05) is 0 Å². The lowest BCUT2D eigenvalue weighted by Gasteiger charge is -2.15. The molecule has 0 bridgehead atoms. The minimum atomic E-state index is 0.618. The average Bonchev–Trinajstić information content (AvgIpc) is 2.20. The van der Waals surface area contributed by atoms with Gasteiger partial charge in [-0.25, -0.2) is 0 Å². The normalized spacial score (nSPS) is 40.5. The van der Waals surface area contributed by atoms with Crippen LogP contribution in [-0.4, -0.2) is 17.4 Å². The molecule has 2 nitrogen and oxygen atoms in total. The summed E-state index contributed by atoms with van der Waals surface area (Å²) in [5, 5.41) is 1.11. The van der Waals surface area contributed by atoms with Gasteiger partial charge in [0.2, 0.25) is 0 Å². The van der Waals surface area contributed by atoms with Gasteiger partial charge in [0.25, 0.3) is 0 Å². The first-order chi connectivity index (χ1) is 4.75. The molecule has 0 spiro atoms. The molecule has 1 rings (SSSR count). The number of hydrazine groups is 1. The summed E-state index contributed by atoms with van der Waals surface area (Å²) in [5.74, 6) is 0.777. The van der Waals surface area contributed by atoms with E-state index in [1.165, 1.54) is 6.42 Å². The first kappa shape index (κ1) is 8.50. The van der Waals surface area contributed by atoms with Crippen LogP contribution in [0.1, 0.15) is 20.3 Å². The number of hydrogen-bond acceptors (Lipinski definition) is 2. The lowest BCUT2D eigenvalue weighted by Crippen LogP contribution is -2.30. The summed E-state index contributed by atoms with van der Waals surface area (Å²) in [6.45, 7) is 4.45. The highest BCUT2D eigenvalue weighted by molar-refractivity contribution is 9.09. The number of rotatable bonds is 2. The fraction of sp³-hybridized carbons (Fsp3) is 1.00. The van der Waals surface area contributed by atoms with Gasteiger partial charge in [0.1, 0.15) is 0 Å². The Labute approximate surface area is 70.9 Å². The van der Waals surface area contributed by atoms with E-state index in [0.29, 0.717) is 12.1 Å². The molecule has 0 aromatic rings. The molecule has 60 valence electrons. The lowest BCUT2D eigenvalue weighted by molar-refractivity contribution is 0.435. The van der Waals surface area contributed by atoms with Gasteiger partial charge in [-0.05, 0) is 26.2 Å². The van der Waals surface area contributed by atoms with Gasteiger partial charge in [-0.3, -0.25) is 10.9 Å². The molecule has 2 atom stereocenters. The van der Waals surface area contributed by atoms with Crippen molar-refractivity contribution in [2.24, 2.45) is 5.92 Å². The second kappa shape index (κ2) is 3.69. The molecule has 2 unspecified atom stereocenters. The predicted octanol–water partition coefficient (Wildman–Crippen LogP) is 1.27. The third kappa shape index (κ3) is 1.71. The predicted molar refractivity (Wildman–Crippen MR) is 47.1 cm³/mol.